The Morgan fingerprint density at radius 2 is 1.55 bits per heavy atom. The third-order valence-electron chi connectivity index (χ3n) is 3.10. The lowest BCUT2D eigenvalue weighted by Crippen LogP contribution is -2.17. The fraction of sp³-hybridized carbons (Fsp3) is 0.0667. The average Bonchev–Trinajstić information content (AvgIpc) is 2.46. The van der Waals surface area contributed by atoms with E-state index in [2.05, 4.69) is 9.97 Å². The highest BCUT2D eigenvalue weighted by atomic mass is 19.1. The van der Waals surface area contributed by atoms with Crippen LogP contribution in [0.25, 0.3) is 11.0 Å². The first-order valence-electron chi connectivity index (χ1n) is 6.08. The number of para-hydroxylation sites is 2. The number of aromatic nitrogens is 2. The van der Waals surface area contributed by atoms with Crippen LogP contribution < -0.4 is 5.73 Å². The van der Waals surface area contributed by atoms with E-state index in [0.717, 1.165) is 0 Å². The highest BCUT2D eigenvalue weighted by Gasteiger charge is 2.19. The summed E-state index contributed by atoms with van der Waals surface area (Å²) in [7, 11) is 0. The zero-order valence-electron chi connectivity index (χ0n) is 10.4. The zero-order chi connectivity index (χ0) is 14.1. The van der Waals surface area contributed by atoms with Gasteiger partial charge in [-0.25, -0.2) is 13.8 Å². The quantitative estimate of drug-likeness (QED) is 0.779. The van der Waals surface area contributed by atoms with Gasteiger partial charge in [0, 0.05) is 5.56 Å². The number of benzene rings is 2. The molecule has 0 bridgehead atoms. The van der Waals surface area contributed by atoms with E-state index in [1.165, 1.54) is 24.4 Å². The van der Waals surface area contributed by atoms with E-state index in [-0.39, 0.29) is 5.56 Å². The zero-order valence-corrected chi connectivity index (χ0v) is 10.4. The van der Waals surface area contributed by atoms with Gasteiger partial charge in [0.2, 0.25) is 0 Å². The van der Waals surface area contributed by atoms with Gasteiger partial charge in [0.1, 0.15) is 11.6 Å². The minimum atomic E-state index is -0.992. The Bertz CT molecular complexity index is 754. The maximum absolute atomic E-state index is 13.7. The van der Waals surface area contributed by atoms with E-state index in [1.54, 1.807) is 12.1 Å². The second-order valence-electron chi connectivity index (χ2n) is 4.40. The van der Waals surface area contributed by atoms with Gasteiger partial charge in [0.25, 0.3) is 0 Å². The fourth-order valence-electron chi connectivity index (χ4n) is 2.08. The van der Waals surface area contributed by atoms with Gasteiger partial charge in [-0.3, -0.25) is 4.98 Å². The second-order valence-corrected chi connectivity index (χ2v) is 4.40. The molecular formula is C15H11F2N3. The molecule has 1 heterocycles. The van der Waals surface area contributed by atoms with Crippen LogP contribution in [-0.4, -0.2) is 9.97 Å². The minimum absolute atomic E-state index is 0.197. The fourth-order valence-corrected chi connectivity index (χ4v) is 2.08. The molecule has 3 aromatic rings. The molecule has 0 saturated heterocycles. The molecule has 0 saturated carbocycles. The number of fused-ring (bicyclic) bond motifs is 1. The van der Waals surface area contributed by atoms with Crippen molar-refractivity contribution in [2.75, 3.05) is 0 Å². The summed E-state index contributed by atoms with van der Waals surface area (Å²) < 4.78 is 27.5. The summed E-state index contributed by atoms with van der Waals surface area (Å²) >= 11 is 0. The van der Waals surface area contributed by atoms with Crippen LogP contribution >= 0.6 is 0 Å². The highest BCUT2D eigenvalue weighted by molar-refractivity contribution is 5.73. The lowest BCUT2D eigenvalue weighted by atomic mass is 10.0. The Labute approximate surface area is 114 Å². The second kappa shape index (κ2) is 4.94. The summed E-state index contributed by atoms with van der Waals surface area (Å²) in [6.45, 7) is 0. The molecule has 0 aliphatic heterocycles. The van der Waals surface area contributed by atoms with Crippen LogP contribution in [0.15, 0.2) is 48.7 Å². The predicted molar refractivity (Wildman–Crippen MR) is 71.9 cm³/mol. The number of nitrogens with two attached hydrogens (primary N) is 1. The summed E-state index contributed by atoms with van der Waals surface area (Å²) in [5.74, 6) is -1.38. The molecule has 2 aromatic carbocycles. The van der Waals surface area contributed by atoms with E-state index in [9.17, 15) is 8.78 Å². The molecule has 0 fully saturated rings. The molecule has 1 unspecified atom stereocenters. The molecule has 3 rings (SSSR count). The van der Waals surface area contributed by atoms with Gasteiger partial charge in [-0.2, -0.15) is 0 Å². The smallest absolute Gasteiger partial charge is 0.131 e. The summed E-state index contributed by atoms with van der Waals surface area (Å²) in [4.78, 5) is 8.51. The van der Waals surface area contributed by atoms with E-state index >= 15 is 0 Å². The van der Waals surface area contributed by atoms with Crippen LogP contribution in [-0.2, 0) is 0 Å². The highest BCUT2D eigenvalue weighted by Crippen LogP contribution is 2.24. The SMILES string of the molecule is NC(c1cnc2ccccc2n1)c1c(F)cccc1F. The van der Waals surface area contributed by atoms with Crippen molar-refractivity contribution >= 4 is 11.0 Å². The molecule has 2 N–H and O–H groups in total. The Morgan fingerprint density at radius 1 is 0.900 bits per heavy atom. The largest absolute Gasteiger partial charge is 0.319 e. The first kappa shape index (κ1) is 12.6. The van der Waals surface area contributed by atoms with Crippen molar-refractivity contribution in [2.45, 2.75) is 6.04 Å². The van der Waals surface area contributed by atoms with Crippen molar-refractivity contribution in [1.82, 2.24) is 9.97 Å². The summed E-state index contributed by atoms with van der Waals surface area (Å²) in [5, 5.41) is 0. The molecule has 0 amide bonds. The van der Waals surface area contributed by atoms with Crippen molar-refractivity contribution < 1.29 is 8.78 Å². The molecule has 3 nitrogen and oxygen atoms in total. The maximum atomic E-state index is 13.7. The van der Waals surface area contributed by atoms with E-state index in [1.807, 2.05) is 12.1 Å². The molecule has 0 aliphatic carbocycles. The summed E-state index contributed by atoms with van der Waals surface area (Å²) in [5.41, 5.74) is 7.40. The Kier molecular flexibility index (Phi) is 3.12. The number of hydrogen-bond acceptors (Lipinski definition) is 3. The Morgan fingerprint density at radius 3 is 2.25 bits per heavy atom. The molecule has 1 atom stereocenters. The van der Waals surface area contributed by atoms with Crippen LogP contribution in [0.3, 0.4) is 0 Å². The van der Waals surface area contributed by atoms with Gasteiger partial charge in [0.15, 0.2) is 0 Å². The number of halogens is 2. The normalized spacial score (nSPS) is 12.6. The average molecular weight is 271 g/mol. The molecule has 0 spiro atoms. The Balaban J connectivity index is 2.10. The van der Waals surface area contributed by atoms with Crippen LogP contribution in [0, 0.1) is 11.6 Å². The van der Waals surface area contributed by atoms with Gasteiger partial charge < -0.3 is 5.73 Å². The molecule has 0 aliphatic rings. The van der Waals surface area contributed by atoms with E-state index < -0.39 is 17.7 Å². The van der Waals surface area contributed by atoms with Crippen molar-refractivity contribution in [2.24, 2.45) is 5.73 Å². The third kappa shape index (κ3) is 2.12. The topological polar surface area (TPSA) is 51.8 Å². The van der Waals surface area contributed by atoms with Crippen LogP contribution in [0.1, 0.15) is 17.3 Å². The first-order valence-corrected chi connectivity index (χ1v) is 6.08. The Hall–Kier alpha value is -2.40. The molecule has 1 aromatic heterocycles. The lowest BCUT2D eigenvalue weighted by Gasteiger charge is -2.13. The number of rotatable bonds is 2. The van der Waals surface area contributed by atoms with Crippen LogP contribution in [0.2, 0.25) is 0 Å². The van der Waals surface area contributed by atoms with Gasteiger partial charge in [0.05, 0.1) is 29.0 Å². The third-order valence-corrected chi connectivity index (χ3v) is 3.10. The van der Waals surface area contributed by atoms with Crippen molar-refractivity contribution in [3.63, 3.8) is 0 Å². The van der Waals surface area contributed by atoms with Crippen molar-refractivity contribution in [3.8, 4) is 0 Å². The number of nitrogens with zero attached hydrogens (tertiary/aromatic N) is 2. The minimum Gasteiger partial charge on any atom is -0.319 e. The molecule has 0 radical (unpaired) electrons. The molecule has 20 heavy (non-hydrogen) atoms. The molecular weight excluding hydrogens is 260 g/mol. The first-order chi connectivity index (χ1) is 9.66. The summed E-state index contributed by atoms with van der Waals surface area (Å²) in [6.07, 6.45) is 1.44. The maximum Gasteiger partial charge on any atom is 0.131 e. The monoisotopic (exact) mass is 271 g/mol. The van der Waals surface area contributed by atoms with Gasteiger partial charge in [-0.1, -0.05) is 18.2 Å². The van der Waals surface area contributed by atoms with Crippen LogP contribution in [0.5, 0.6) is 0 Å². The van der Waals surface area contributed by atoms with Crippen molar-refractivity contribution in [3.05, 3.63) is 71.6 Å². The number of hydrogen-bond donors (Lipinski definition) is 1. The lowest BCUT2D eigenvalue weighted by molar-refractivity contribution is 0.541. The van der Waals surface area contributed by atoms with Gasteiger partial charge in [-0.05, 0) is 24.3 Å². The van der Waals surface area contributed by atoms with Crippen LogP contribution in [0.4, 0.5) is 8.78 Å². The molecule has 100 valence electrons. The van der Waals surface area contributed by atoms with Gasteiger partial charge in [-0.15, -0.1) is 0 Å². The van der Waals surface area contributed by atoms with Gasteiger partial charge >= 0.3 is 0 Å². The van der Waals surface area contributed by atoms with Crippen molar-refractivity contribution in [1.29, 1.82) is 0 Å². The summed E-state index contributed by atoms with van der Waals surface area (Å²) in [6, 6.07) is 9.89. The molecule has 5 heteroatoms. The van der Waals surface area contributed by atoms with E-state index in [4.69, 9.17) is 5.73 Å². The predicted octanol–water partition coefficient (Wildman–Crippen LogP) is 2.96. The standard InChI is InChI=1S/C15H11F2N3/c16-9-4-3-5-10(17)14(9)15(18)13-8-19-11-6-1-2-7-12(11)20-13/h1-8,15H,18H2. The van der Waals surface area contributed by atoms with E-state index in [0.29, 0.717) is 16.7 Å².